The lowest BCUT2D eigenvalue weighted by molar-refractivity contribution is -0.139. The van der Waals surface area contributed by atoms with Gasteiger partial charge in [0.1, 0.15) is 18.6 Å². The topological polar surface area (TPSA) is 179 Å². The Morgan fingerprint density at radius 1 is 1.11 bits per heavy atom. The van der Waals surface area contributed by atoms with Crippen LogP contribution in [0.4, 0.5) is 0 Å². The van der Waals surface area contributed by atoms with E-state index in [1.807, 2.05) is 6.92 Å². The fourth-order valence-electron chi connectivity index (χ4n) is 2.15. The molecule has 0 aliphatic heterocycles. The molecule has 156 valence electrons. The second-order valence-electron chi connectivity index (χ2n) is 5.97. The number of nitrogens with one attached hydrogen (secondary N) is 2. The third-order valence-electron chi connectivity index (χ3n) is 3.63. The van der Waals surface area contributed by atoms with Gasteiger partial charge in [0.05, 0.1) is 0 Å². The normalized spacial score (nSPS) is 14.0. The van der Waals surface area contributed by atoms with Crippen LogP contribution in [0.15, 0.2) is 0 Å². The van der Waals surface area contributed by atoms with Gasteiger partial charge in [-0.15, -0.1) is 0 Å². The van der Waals surface area contributed by atoms with Crippen molar-refractivity contribution in [1.82, 2.24) is 10.6 Å². The lowest BCUT2D eigenvalue weighted by Gasteiger charge is -2.21. The predicted molar refractivity (Wildman–Crippen MR) is 100 cm³/mol. The minimum atomic E-state index is -1.22. The molecule has 0 aromatic rings. The molecule has 0 saturated carbocycles. The summed E-state index contributed by atoms with van der Waals surface area (Å²) in [4.78, 5) is 45.5. The van der Waals surface area contributed by atoms with Gasteiger partial charge in [-0.3, -0.25) is 19.2 Å². The van der Waals surface area contributed by atoms with Crippen molar-refractivity contribution in [1.29, 1.82) is 0 Å². The first kappa shape index (κ1) is 25.1. The number of carboxylic acids is 2. The van der Waals surface area contributed by atoms with Gasteiger partial charge in [-0.25, -0.2) is 0 Å². The Hall–Kier alpha value is -1.85. The second-order valence-corrected chi connectivity index (χ2v) is 7.30. The first-order chi connectivity index (χ1) is 12.7. The van der Waals surface area contributed by atoms with Crippen LogP contribution in [-0.2, 0) is 19.2 Å². The van der Waals surface area contributed by atoms with Gasteiger partial charge in [-0.2, -0.15) is 11.8 Å². The fraction of sp³-hybridized carbons (Fsp3) is 0.750. The number of nitrogens with two attached hydrogens (primary N) is 1. The number of hydrogen-bond donors (Lipinski definition) is 6. The minimum absolute atomic E-state index is 0.00692. The van der Waals surface area contributed by atoms with Crippen molar-refractivity contribution >= 4 is 35.5 Å². The molecule has 0 bridgehead atoms. The first-order valence-corrected chi connectivity index (χ1v) is 9.75. The number of aliphatic carboxylic acids is 2. The summed E-state index contributed by atoms with van der Waals surface area (Å²) in [6.45, 7) is 1.43. The van der Waals surface area contributed by atoms with E-state index in [9.17, 15) is 19.2 Å². The van der Waals surface area contributed by atoms with Crippen molar-refractivity contribution in [3.8, 4) is 0 Å². The molecule has 0 aliphatic carbocycles. The predicted octanol–water partition coefficient (Wildman–Crippen LogP) is -0.852. The van der Waals surface area contributed by atoms with Crippen LogP contribution in [0.3, 0.4) is 0 Å². The molecule has 0 aromatic carbocycles. The highest BCUT2D eigenvalue weighted by Gasteiger charge is 2.23. The molecule has 0 radical (unpaired) electrons. The number of aliphatic hydroxyl groups is 1. The van der Waals surface area contributed by atoms with E-state index in [0.717, 1.165) is 12.8 Å². The Balaban J connectivity index is 4.80. The molecule has 0 aromatic heterocycles. The Morgan fingerprint density at radius 2 is 1.78 bits per heavy atom. The van der Waals surface area contributed by atoms with E-state index >= 15 is 0 Å². The maximum atomic E-state index is 12.2. The summed E-state index contributed by atoms with van der Waals surface area (Å²) in [6.07, 6.45) is 2.02. The molecule has 0 aliphatic rings. The maximum Gasteiger partial charge on any atom is 0.322 e. The molecule has 3 atom stereocenters. The SMILES string of the molecule is CCC[C@H](CCO)SC[C@H](NC(=O)CC[C@H](N)C(=O)O)C(=O)NCC(=O)O. The number of thioether (sulfide) groups is 1. The second kappa shape index (κ2) is 14.2. The van der Waals surface area contributed by atoms with E-state index in [0.29, 0.717) is 6.42 Å². The number of rotatable bonds is 15. The van der Waals surface area contributed by atoms with Gasteiger partial charge in [-0.05, 0) is 19.3 Å². The van der Waals surface area contributed by atoms with Crippen LogP contribution in [0.25, 0.3) is 0 Å². The number of carbonyl (C=O) groups excluding carboxylic acids is 2. The smallest absolute Gasteiger partial charge is 0.322 e. The zero-order chi connectivity index (χ0) is 20.8. The monoisotopic (exact) mass is 407 g/mol. The molecule has 2 amide bonds. The average Bonchev–Trinajstić information content (AvgIpc) is 2.60. The summed E-state index contributed by atoms with van der Waals surface area (Å²) in [7, 11) is 0. The first-order valence-electron chi connectivity index (χ1n) is 8.70. The standard InChI is InChI=1S/C16H29N3O7S/c1-2-3-10(6-7-20)27-9-12(15(24)18-8-14(22)23)19-13(21)5-4-11(17)16(25)26/h10-12,20H,2-9,17H2,1H3,(H,18,24)(H,19,21)(H,22,23)(H,25,26)/t10-,11+,12+/m1/s1. The molecule has 0 saturated heterocycles. The number of carboxylic acid groups (broad SMARTS) is 2. The van der Waals surface area contributed by atoms with Gasteiger partial charge in [0.2, 0.25) is 11.8 Å². The molecule has 0 rings (SSSR count). The molecule has 0 fully saturated rings. The zero-order valence-corrected chi connectivity index (χ0v) is 16.2. The quantitative estimate of drug-likeness (QED) is 0.201. The van der Waals surface area contributed by atoms with Gasteiger partial charge in [0.15, 0.2) is 0 Å². The summed E-state index contributed by atoms with van der Waals surface area (Å²) >= 11 is 1.41. The maximum absolute atomic E-state index is 12.2. The summed E-state index contributed by atoms with van der Waals surface area (Å²) in [5.74, 6) is -3.41. The van der Waals surface area contributed by atoms with Crippen molar-refractivity contribution in [2.24, 2.45) is 5.73 Å². The van der Waals surface area contributed by atoms with Crippen LogP contribution in [0, 0.1) is 0 Å². The van der Waals surface area contributed by atoms with Crippen molar-refractivity contribution in [3.63, 3.8) is 0 Å². The highest BCUT2D eigenvalue weighted by Crippen LogP contribution is 2.20. The van der Waals surface area contributed by atoms with E-state index in [1.165, 1.54) is 11.8 Å². The molecule has 7 N–H and O–H groups in total. The lowest BCUT2D eigenvalue weighted by Crippen LogP contribution is -2.49. The van der Waals surface area contributed by atoms with E-state index in [4.69, 9.17) is 21.1 Å². The zero-order valence-electron chi connectivity index (χ0n) is 15.3. The summed E-state index contributed by atoms with van der Waals surface area (Å²) in [5, 5.41) is 31.3. The highest BCUT2D eigenvalue weighted by atomic mass is 32.2. The average molecular weight is 407 g/mol. The molecule has 11 heteroatoms. The van der Waals surface area contributed by atoms with Gasteiger partial charge in [0, 0.05) is 24.0 Å². The Bertz CT molecular complexity index is 498. The number of carbonyl (C=O) groups is 4. The number of aliphatic hydroxyl groups excluding tert-OH is 1. The van der Waals surface area contributed by atoms with Crippen molar-refractivity contribution in [3.05, 3.63) is 0 Å². The largest absolute Gasteiger partial charge is 0.480 e. The van der Waals surface area contributed by atoms with Gasteiger partial charge >= 0.3 is 11.9 Å². The molecule has 27 heavy (non-hydrogen) atoms. The van der Waals surface area contributed by atoms with E-state index < -0.39 is 42.4 Å². The van der Waals surface area contributed by atoms with Crippen LogP contribution in [0.5, 0.6) is 0 Å². The Morgan fingerprint density at radius 3 is 2.30 bits per heavy atom. The molecular weight excluding hydrogens is 378 g/mol. The van der Waals surface area contributed by atoms with Crippen LogP contribution < -0.4 is 16.4 Å². The van der Waals surface area contributed by atoms with Gasteiger partial charge in [0.25, 0.3) is 0 Å². The van der Waals surface area contributed by atoms with Crippen LogP contribution >= 0.6 is 11.8 Å². The molecule has 0 spiro atoms. The molecule has 0 heterocycles. The van der Waals surface area contributed by atoms with Crippen molar-refractivity contribution in [2.45, 2.75) is 56.4 Å². The van der Waals surface area contributed by atoms with Crippen molar-refractivity contribution in [2.75, 3.05) is 18.9 Å². The highest BCUT2D eigenvalue weighted by molar-refractivity contribution is 7.99. The third-order valence-corrected chi connectivity index (χ3v) is 5.09. The van der Waals surface area contributed by atoms with Crippen LogP contribution in [0.2, 0.25) is 0 Å². The third kappa shape index (κ3) is 12.2. The van der Waals surface area contributed by atoms with E-state index in [-0.39, 0.29) is 30.5 Å². The van der Waals surface area contributed by atoms with Crippen LogP contribution in [-0.4, -0.2) is 75.3 Å². The number of hydrogen-bond acceptors (Lipinski definition) is 7. The summed E-state index contributed by atoms with van der Waals surface area (Å²) < 4.78 is 0. The van der Waals surface area contributed by atoms with Crippen molar-refractivity contribution < 1.29 is 34.5 Å². The Kier molecular flexibility index (Phi) is 13.3. The van der Waals surface area contributed by atoms with Gasteiger partial charge < -0.3 is 31.7 Å². The molecule has 0 unspecified atom stereocenters. The van der Waals surface area contributed by atoms with E-state index in [1.54, 1.807) is 0 Å². The molecule has 10 nitrogen and oxygen atoms in total. The minimum Gasteiger partial charge on any atom is -0.480 e. The molecular formula is C16H29N3O7S. The summed E-state index contributed by atoms with van der Waals surface area (Å²) in [6, 6.07) is -2.15. The fourth-order valence-corrected chi connectivity index (χ4v) is 3.53. The van der Waals surface area contributed by atoms with Gasteiger partial charge in [-0.1, -0.05) is 13.3 Å². The lowest BCUT2D eigenvalue weighted by atomic mass is 10.1. The Labute approximate surface area is 162 Å². The van der Waals surface area contributed by atoms with E-state index in [2.05, 4.69) is 10.6 Å². The number of amides is 2. The summed E-state index contributed by atoms with van der Waals surface area (Å²) in [5.41, 5.74) is 5.35. The van der Waals surface area contributed by atoms with Crippen LogP contribution in [0.1, 0.15) is 39.0 Å².